The van der Waals surface area contributed by atoms with Gasteiger partial charge in [-0.1, -0.05) is 12.8 Å². The maximum atomic E-state index is 13.7. The fourth-order valence-electron chi connectivity index (χ4n) is 2.58. The molecule has 0 bridgehead atoms. The monoisotopic (exact) mass is 336 g/mol. The lowest BCUT2D eigenvalue weighted by Gasteiger charge is -2.13. The molecule has 1 fully saturated rings. The molecular weight excluding hydrogens is 315 g/mol. The van der Waals surface area contributed by atoms with Gasteiger partial charge in [-0.25, -0.2) is 9.18 Å². The molecule has 4 amide bonds. The van der Waals surface area contributed by atoms with Crippen LogP contribution in [0.3, 0.4) is 0 Å². The largest absolute Gasteiger partial charge is 0.374 e. The molecule has 8 heteroatoms. The molecule has 0 aliphatic heterocycles. The number of anilines is 2. The number of hydrogen-bond acceptors (Lipinski definition) is 4. The van der Waals surface area contributed by atoms with E-state index < -0.39 is 17.8 Å². The van der Waals surface area contributed by atoms with Crippen molar-refractivity contribution in [3.63, 3.8) is 0 Å². The van der Waals surface area contributed by atoms with Gasteiger partial charge in [0.05, 0.1) is 12.2 Å². The highest BCUT2D eigenvalue weighted by Gasteiger charge is 2.18. The van der Waals surface area contributed by atoms with Crippen LogP contribution in [0, 0.1) is 5.82 Å². The second-order valence-electron chi connectivity index (χ2n) is 5.73. The van der Waals surface area contributed by atoms with Gasteiger partial charge in [-0.2, -0.15) is 0 Å². The quantitative estimate of drug-likeness (QED) is 0.660. The van der Waals surface area contributed by atoms with E-state index in [9.17, 15) is 18.8 Å². The minimum absolute atomic E-state index is 0.0626. The summed E-state index contributed by atoms with van der Waals surface area (Å²) >= 11 is 0. The van der Waals surface area contributed by atoms with Crippen LogP contribution in [0.4, 0.5) is 20.6 Å². The van der Waals surface area contributed by atoms with Crippen LogP contribution in [-0.2, 0) is 9.59 Å². The maximum absolute atomic E-state index is 13.7. The Morgan fingerprint density at radius 2 is 1.92 bits per heavy atom. The van der Waals surface area contributed by atoms with Gasteiger partial charge in [0.25, 0.3) is 0 Å². The van der Waals surface area contributed by atoms with Crippen LogP contribution in [0.15, 0.2) is 18.2 Å². The summed E-state index contributed by atoms with van der Waals surface area (Å²) in [7, 11) is 0. The van der Waals surface area contributed by atoms with Crippen LogP contribution >= 0.6 is 0 Å². The van der Waals surface area contributed by atoms with Crippen LogP contribution < -0.4 is 21.3 Å². The Morgan fingerprint density at radius 1 is 1.21 bits per heavy atom. The Labute approximate surface area is 139 Å². The van der Waals surface area contributed by atoms with E-state index in [1.807, 2.05) is 0 Å². The van der Waals surface area contributed by atoms with Crippen molar-refractivity contribution >= 4 is 29.2 Å². The molecule has 1 aromatic carbocycles. The summed E-state index contributed by atoms with van der Waals surface area (Å²) < 4.78 is 13.7. The highest BCUT2D eigenvalue weighted by atomic mass is 19.1. The number of benzene rings is 1. The highest BCUT2D eigenvalue weighted by Crippen LogP contribution is 2.19. The van der Waals surface area contributed by atoms with Crippen molar-refractivity contribution in [1.29, 1.82) is 0 Å². The van der Waals surface area contributed by atoms with Crippen molar-refractivity contribution in [3.05, 3.63) is 24.0 Å². The zero-order valence-electron chi connectivity index (χ0n) is 13.4. The summed E-state index contributed by atoms with van der Waals surface area (Å²) in [5, 5.41) is 10.1. The van der Waals surface area contributed by atoms with E-state index in [0.717, 1.165) is 25.7 Å². The molecule has 1 aromatic rings. The molecule has 0 radical (unpaired) electrons. The number of carbonyl (C=O) groups is 3. The van der Waals surface area contributed by atoms with E-state index in [2.05, 4.69) is 21.3 Å². The first-order chi connectivity index (χ1) is 11.4. The van der Waals surface area contributed by atoms with Crippen molar-refractivity contribution in [2.24, 2.45) is 0 Å². The Bertz CT molecular complexity index is 630. The minimum atomic E-state index is -0.574. The van der Waals surface area contributed by atoms with Gasteiger partial charge in [0.1, 0.15) is 5.82 Å². The molecule has 1 saturated carbocycles. The van der Waals surface area contributed by atoms with E-state index in [1.54, 1.807) is 0 Å². The van der Waals surface area contributed by atoms with Gasteiger partial charge in [-0.15, -0.1) is 0 Å². The topological polar surface area (TPSA) is 99.3 Å². The summed E-state index contributed by atoms with van der Waals surface area (Å²) in [6.07, 6.45) is 3.98. The van der Waals surface area contributed by atoms with E-state index in [1.165, 1.54) is 25.1 Å². The standard InChI is InChI=1S/C16H21FN4O3/c1-10(22)19-12-6-7-13(17)14(8-12)18-9-15(23)21-16(24)20-11-4-2-3-5-11/h6-8,11,18H,2-5,9H2,1H3,(H,19,22)(H2,20,21,23,24). The minimum Gasteiger partial charge on any atom is -0.374 e. The predicted molar refractivity (Wildman–Crippen MR) is 88.1 cm³/mol. The molecule has 7 nitrogen and oxygen atoms in total. The fraction of sp³-hybridized carbons (Fsp3) is 0.438. The van der Waals surface area contributed by atoms with Gasteiger partial charge in [-0.3, -0.25) is 14.9 Å². The SMILES string of the molecule is CC(=O)Nc1ccc(F)c(NCC(=O)NC(=O)NC2CCCC2)c1. The lowest BCUT2D eigenvalue weighted by Crippen LogP contribution is -2.45. The maximum Gasteiger partial charge on any atom is 0.321 e. The normalized spacial score (nSPS) is 14.1. The van der Waals surface area contributed by atoms with E-state index >= 15 is 0 Å². The Kier molecular flexibility index (Phi) is 6.11. The molecule has 2 rings (SSSR count). The zero-order chi connectivity index (χ0) is 17.5. The molecular formula is C16H21FN4O3. The Morgan fingerprint density at radius 3 is 2.58 bits per heavy atom. The Hall–Kier alpha value is -2.64. The molecule has 0 heterocycles. The summed E-state index contributed by atoms with van der Waals surface area (Å²) in [5.74, 6) is -1.42. The summed E-state index contributed by atoms with van der Waals surface area (Å²) in [6, 6.07) is 3.54. The molecule has 24 heavy (non-hydrogen) atoms. The molecule has 0 saturated heterocycles. The van der Waals surface area contributed by atoms with Gasteiger partial charge >= 0.3 is 6.03 Å². The van der Waals surface area contributed by atoms with Crippen LogP contribution in [-0.4, -0.2) is 30.4 Å². The average Bonchev–Trinajstić information content (AvgIpc) is 3.00. The molecule has 130 valence electrons. The number of rotatable bonds is 5. The third kappa shape index (κ3) is 5.53. The summed E-state index contributed by atoms with van der Waals surface area (Å²) in [5.41, 5.74) is 0.471. The van der Waals surface area contributed by atoms with Crippen LogP contribution in [0.2, 0.25) is 0 Å². The van der Waals surface area contributed by atoms with Gasteiger partial charge in [-0.05, 0) is 31.0 Å². The number of amides is 4. The van der Waals surface area contributed by atoms with Gasteiger partial charge < -0.3 is 16.0 Å². The second-order valence-corrected chi connectivity index (χ2v) is 5.73. The first-order valence-electron chi connectivity index (χ1n) is 7.85. The summed E-state index contributed by atoms with van der Waals surface area (Å²) in [4.78, 5) is 34.4. The van der Waals surface area contributed by atoms with E-state index in [0.29, 0.717) is 5.69 Å². The first-order valence-corrected chi connectivity index (χ1v) is 7.85. The molecule has 0 aromatic heterocycles. The van der Waals surface area contributed by atoms with Crippen molar-refractivity contribution in [2.45, 2.75) is 38.6 Å². The van der Waals surface area contributed by atoms with E-state index in [4.69, 9.17) is 0 Å². The number of imide groups is 1. The zero-order valence-corrected chi connectivity index (χ0v) is 13.4. The third-order valence-corrected chi connectivity index (χ3v) is 3.67. The van der Waals surface area contributed by atoms with Crippen molar-refractivity contribution < 1.29 is 18.8 Å². The molecule has 4 N–H and O–H groups in total. The molecule has 0 atom stereocenters. The van der Waals surface area contributed by atoms with Crippen LogP contribution in [0.25, 0.3) is 0 Å². The summed E-state index contributed by atoms with van der Waals surface area (Å²) in [6.45, 7) is 1.07. The second kappa shape index (κ2) is 8.28. The van der Waals surface area contributed by atoms with E-state index in [-0.39, 0.29) is 24.2 Å². The van der Waals surface area contributed by atoms with Gasteiger partial charge in [0, 0.05) is 18.7 Å². The first kappa shape index (κ1) is 17.7. The van der Waals surface area contributed by atoms with Gasteiger partial charge in [0.15, 0.2) is 0 Å². The van der Waals surface area contributed by atoms with Crippen molar-refractivity contribution in [1.82, 2.24) is 10.6 Å². The number of hydrogen-bond donors (Lipinski definition) is 4. The number of halogens is 1. The van der Waals surface area contributed by atoms with Crippen LogP contribution in [0.1, 0.15) is 32.6 Å². The third-order valence-electron chi connectivity index (χ3n) is 3.67. The van der Waals surface area contributed by atoms with Crippen LogP contribution in [0.5, 0.6) is 0 Å². The molecule has 1 aliphatic carbocycles. The van der Waals surface area contributed by atoms with Crippen molar-refractivity contribution in [2.75, 3.05) is 17.2 Å². The van der Waals surface area contributed by atoms with Gasteiger partial charge in [0.2, 0.25) is 11.8 Å². The number of carbonyl (C=O) groups excluding carboxylic acids is 3. The molecule has 1 aliphatic rings. The highest BCUT2D eigenvalue weighted by molar-refractivity contribution is 5.96. The number of nitrogens with one attached hydrogen (secondary N) is 4. The number of urea groups is 1. The Balaban J connectivity index is 1.82. The lowest BCUT2D eigenvalue weighted by molar-refractivity contribution is -0.118. The smallest absolute Gasteiger partial charge is 0.321 e. The lowest BCUT2D eigenvalue weighted by atomic mass is 10.2. The van der Waals surface area contributed by atoms with Crippen molar-refractivity contribution in [3.8, 4) is 0 Å². The molecule has 0 spiro atoms. The molecule has 0 unspecified atom stereocenters. The average molecular weight is 336 g/mol. The predicted octanol–water partition coefficient (Wildman–Crippen LogP) is 1.96. The fourth-order valence-corrected chi connectivity index (χ4v) is 2.58.